The average molecular weight is 347 g/mol. The lowest BCUT2D eigenvalue weighted by atomic mass is 10.1. The van der Waals surface area contributed by atoms with Crippen LogP contribution in [0.2, 0.25) is 0 Å². The summed E-state index contributed by atoms with van der Waals surface area (Å²) in [4.78, 5) is 38.3. The predicted molar refractivity (Wildman–Crippen MR) is 93.2 cm³/mol. The molecule has 25 heavy (non-hydrogen) atoms. The second-order valence-electron chi connectivity index (χ2n) is 5.88. The van der Waals surface area contributed by atoms with Gasteiger partial charge >= 0.3 is 12.0 Å². The van der Waals surface area contributed by atoms with Crippen LogP contribution in [0.4, 0.5) is 4.79 Å². The van der Waals surface area contributed by atoms with Gasteiger partial charge in [0.1, 0.15) is 6.04 Å². The number of hydrogen-bond acceptors (Lipinski definition) is 4. The minimum absolute atomic E-state index is 0.00720. The molecule has 136 valence electrons. The maximum Gasteiger partial charge on any atom is 0.330 e. The van der Waals surface area contributed by atoms with Gasteiger partial charge in [0.15, 0.2) is 0 Å². The van der Waals surface area contributed by atoms with Crippen LogP contribution < -0.4 is 10.6 Å². The lowest BCUT2D eigenvalue weighted by Crippen LogP contribution is -2.52. The van der Waals surface area contributed by atoms with Gasteiger partial charge < -0.3 is 20.3 Å². The van der Waals surface area contributed by atoms with Crippen LogP contribution in [0.3, 0.4) is 0 Å². The Kier molecular flexibility index (Phi) is 7.25. The van der Waals surface area contributed by atoms with Crippen molar-refractivity contribution < 1.29 is 19.1 Å². The molecular weight excluding hydrogens is 322 g/mol. The molecule has 0 aromatic heterocycles. The zero-order valence-electron chi connectivity index (χ0n) is 14.5. The fourth-order valence-electron chi connectivity index (χ4n) is 2.67. The Labute approximate surface area is 147 Å². The average Bonchev–Trinajstić information content (AvgIpc) is 2.66. The number of likely N-dealkylation sites (tertiary alicyclic amines) is 1. The summed E-state index contributed by atoms with van der Waals surface area (Å²) in [6, 6.07) is 7.45. The van der Waals surface area contributed by atoms with E-state index in [2.05, 4.69) is 10.6 Å². The molecule has 1 aliphatic heterocycles. The van der Waals surface area contributed by atoms with Gasteiger partial charge in [-0.1, -0.05) is 18.2 Å². The molecule has 1 atom stereocenters. The summed E-state index contributed by atoms with van der Waals surface area (Å²) in [5, 5.41) is 5.35. The SMILES string of the molecule is CCOC(=O)[C@H](CNC(=O)N1CCCCC1)NC(=O)c1ccccc1. The molecule has 3 amide bonds. The fraction of sp³-hybridized carbons (Fsp3) is 0.500. The van der Waals surface area contributed by atoms with Crippen LogP contribution in [0.25, 0.3) is 0 Å². The van der Waals surface area contributed by atoms with Crippen LogP contribution in [0.15, 0.2) is 30.3 Å². The van der Waals surface area contributed by atoms with E-state index in [-0.39, 0.29) is 25.1 Å². The Morgan fingerprint density at radius 1 is 1.12 bits per heavy atom. The van der Waals surface area contributed by atoms with Gasteiger partial charge in [0.2, 0.25) is 0 Å². The molecule has 1 fully saturated rings. The number of esters is 1. The molecule has 0 saturated carbocycles. The van der Waals surface area contributed by atoms with Crippen molar-refractivity contribution in [2.45, 2.75) is 32.2 Å². The van der Waals surface area contributed by atoms with E-state index in [9.17, 15) is 14.4 Å². The third kappa shape index (κ3) is 5.77. The van der Waals surface area contributed by atoms with E-state index in [0.717, 1.165) is 19.3 Å². The first-order valence-corrected chi connectivity index (χ1v) is 8.67. The van der Waals surface area contributed by atoms with Gasteiger partial charge in [0.25, 0.3) is 5.91 Å². The second kappa shape index (κ2) is 9.66. The van der Waals surface area contributed by atoms with Gasteiger partial charge in [0.05, 0.1) is 13.2 Å². The number of nitrogens with one attached hydrogen (secondary N) is 2. The number of carbonyl (C=O) groups is 3. The number of carbonyl (C=O) groups excluding carboxylic acids is 3. The molecule has 2 rings (SSSR count). The molecule has 1 saturated heterocycles. The topological polar surface area (TPSA) is 87.7 Å². The van der Waals surface area contributed by atoms with Crippen molar-refractivity contribution in [2.75, 3.05) is 26.2 Å². The van der Waals surface area contributed by atoms with Gasteiger partial charge in [0, 0.05) is 18.7 Å². The summed E-state index contributed by atoms with van der Waals surface area (Å²) in [5.41, 5.74) is 0.444. The van der Waals surface area contributed by atoms with E-state index < -0.39 is 12.0 Å². The van der Waals surface area contributed by atoms with E-state index in [1.165, 1.54) is 0 Å². The number of ether oxygens (including phenoxy) is 1. The number of nitrogens with zero attached hydrogens (tertiary/aromatic N) is 1. The Balaban J connectivity index is 1.94. The molecule has 0 aliphatic carbocycles. The van der Waals surface area contributed by atoms with Crippen LogP contribution in [0, 0.1) is 0 Å². The zero-order chi connectivity index (χ0) is 18.1. The highest BCUT2D eigenvalue weighted by molar-refractivity contribution is 5.96. The first-order chi connectivity index (χ1) is 12.1. The van der Waals surface area contributed by atoms with Crippen molar-refractivity contribution in [1.29, 1.82) is 0 Å². The Morgan fingerprint density at radius 2 is 1.80 bits per heavy atom. The quantitative estimate of drug-likeness (QED) is 0.764. The lowest BCUT2D eigenvalue weighted by Gasteiger charge is -2.27. The van der Waals surface area contributed by atoms with Crippen molar-refractivity contribution in [3.8, 4) is 0 Å². The van der Waals surface area contributed by atoms with Crippen molar-refractivity contribution >= 4 is 17.9 Å². The molecule has 7 heteroatoms. The number of urea groups is 1. The molecule has 0 spiro atoms. The van der Waals surface area contributed by atoms with Crippen LogP contribution in [0.5, 0.6) is 0 Å². The minimum atomic E-state index is -0.929. The highest BCUT2D eigenvalue weighted by Crippen LogP contribution is 2.08. The second-order valence-corrected chi connectivity index (χ2v) is 5.88. The van der Waals surface area contributed by atoms with E-state index in [1.807, 2.05) is 0 Å². The van der Waals surface area contributed by atoms with Gasteiger partial charge in [-0.3, -0.25) is 4.79 Å². The van der Waals surface area contributed by atoms with Crippen molar-refractivity contribution in [3.63, 3.8) is 0 Å². The molecule has 0 unspecified atom stereocenters. The van der Waals surface area contributed by atoms with Crippen molar-refractivity contribution in [2.24, 2.45) is 0 Å². The maximum absolute atomic E-state index is 12.3. The maximum atomic E-state index is 12.3. The molecule has 0 bridgehead atoms. The monoisotopic (exact) mass is 347 g/mol. The summed E-state index contributed by atoms with van der Waals surface area (Å²) in [6.45, 7) is 3.32. The number of benzene rings is 1. The normalized spacial score (nSPS) is 15.2. The largest absolute Gasteiger partial charge is 0.464 e. The molecular formula is C18H25N3O4. The fourth-order valence-corrected chi connectivity index (χ4v) is 2.67. The summed E-state index contributed by atoms with van der Waals surface area (Å²) in [7, 11) is 0. The smallest absolute Gasteiger partial charge is 0.330 e. The number of hydrogen-bond donors (Lipinski definition) is 2. The summed E-state index contributed by atoms with van der Waals surface area (Å²) < 4.78 is 5.00. The molecule has 7 nitrogen and oxygen atoms in total. The van der Waals surface area contributed by atoms with Crippen LogP contribution >= 0.6 is 0 Å². The Bertz CT molecular complexity index is 585. The third-order valence-corrected chi connectivity index (χ3v) is 4.01. The zero-order valence-corrected chi connectivity index (χ0v) is 14.5. The highest BCUT2D eigenvalue weighted by atomic mass is 16.5. The minimum Gasteiger partial charge on any atom is -0.464 e. The van der Waals surface area contributed by atoms with E-state index in [0.29, 0.717) is 18.7 Å². The number of rotatable bonds is 6. The molecule has 2 N–H and O–H groups in total. The Morgan fingerprint density at radius 3 is 2.44 bits per heavy atom. The van der Waals surface area contributed by atoms with Gasteiger partial charge in [-0.25, -0.2) is 9.59 Å². The molecule has 0 radical (unpaired) electrons. The van der Waals surface area contributed by atoms with Gasteiger partial charge in [-0.2, -0.15) is 0 Å². The first kappa shape index (κ1) is 18.8. The standard InChI is InChI=1S/C18H25N3O4/c1-2-25-17(23)15(20-16(22)14-9-5-3-6-10-14)13-19-18(24)21-11-7-4-8-12-21/h3,5-6,9-10,15H,2,4,7-8,11-13H2,1H3,(H,19,24)(H,20,22)/t15-/m0/s1. The van der Waals surface area contributed by atoms with E-state index >= 15 is 0 Å². The third-order valence-electron chi connectivity index (χ3n) is 4.01. The Hall–Kier alpha value is -2.57. The number of piperidine rings is 1. The highest BCUT2D eigenvalue weighted by Gasteiger charge is 2.25. The lowest BCUT2D eigenvalue weighted by molar-refractivity contribution is -0.145. The van der Waals surface area contributed by atoms with Crippen molar-refractivity contribution in [3.05, 3.63) is 35.9 Å². The summed E-state index contributed by atoms with van der Waals surface area (Å²) in [6.07, 6.45) is 3.10. The molecule has 1 aromatic carbocycles. The summed E-state index contributed by atoms with van der Waals surface area (Å²) in [5.74, 6) is -0.948. The van der Waals surface area contributed by atoms with Crippen LogP contribution in [-0.4, -0.2) is 55.1 Å². The van der Waals surface area contributed by atoms with Crippen molar-refractivity contribution in [1.82, 2.24) is 15.5 Å². The summed E-state index contributed by atoms with van der Waals surface area (Å²) >= 11 is 0. The van der Waals surface area contributed by atoms with E-state index in [1.54, 1.807) is 42.2 Å². The van der Waals surface area contributed by atoms with Crippen LogP contribution in [-0.2, 0) is 9.53 Å². The first-order valence-electron chi connectivity index (χ1n) is 8.67. The predicted octanol–water partition coefficient (Wildman–Crippen LogP) is 1.54. The van der Waals surface area contributed by atoms with Gasteiger partial charge in [-0.15, -0.1) is 0 Å². The number of amides is 3. The molecule has 1 heterocycles. The van der Waals surface area contributed by atoms with E-state index in [4.69, 9.17) is 4.74 Å². The van der Waals surface area contributed by atoms with Crippen LogP contribution in [0.1, 0.15) is 36.5 Å². The molecule has 1 aliphatic rings. The van der Waals surface area contributed by atoms with Gasteiger partial charge in [-0.05, 0) is 38.3 Å². The molecule has 1 aromatic rings.